The normalized spacial score (nSPS) is 19.4. The van der Waals surface area contributed by atoms with Crippen molar-refractivity contribution in [2.45, 2.75) is 31.7 Å². The van der Waals surface area contributed by atoms with E-state index in [0.717, 1.165) is 6.54 Å². The zero-order chi connectivity index (χ0) is 13.1. The van der Waals surface area contributed by atoms with Gasteiger partial charge in [0.2, 0.25) is 0 Å². The van der Waals surface area contributed by atoms with E-state index >= 15 is 0 Å². The molecule has 3 N–H and O–H groups in total. The number of aromatic nitrogens is 1. The molecule has 1 aromatic carbocycles. The smallest absolute Gasteiger partial charge is 0.0457 e. The first-order chi connectivity index (χ1) is 9.34. The Labute approximate surface area is 114 Å². The molecule has 0 spiro atoms. The van der Waals surface area contributed by atoms with E-state index in [1.807, 2.05) is 0 Å². The molecule has 3 heteroatoms. The number of hydrogen-bond donors (Lipinski definition) is 2. The minimum absolute atomic E-state index is 0.106. The first-order valence-corrected chi connectivity index (χ1v) is 7.38. The number of benzene rings is 1. The number of rotatable bonds is 3. The Morgan fingerprint density at radius 2 is 1.84 bits per heavy atom. The topological polar surface area (TPSA) is 45.0 Å². The largest absolute Gasteiger partial charge is 0.361 e. The minimum atomic E-state index is 0.106. The highest BCUT2D eigenvalue weighted by molar-refractivity contribution is 5.83. The summed E-state index contributed by atoms with van der Waals surface area (Å²) in [7, 11) is 0. The second kappa shape index (κ2) is 5.76. The highest BCUT2D eigenvalue weighted by Crippen LogP contribution is 2.23. The van der Waals surface area contributed by atoms with Crippen LogP contribution in [0.25, 0.3) is 10.9 Å². The second-order valence-electron chi connectivity index (χ2n) is 5.61. The van der Waals surface area contributed by atoms with Crippen LogP contribution in [0.2, 0.25) is 0 Å². The van der Waals surface area contributed by atoms with Crippen LogP contribution in [0.4, 0.5) is 0 Å². The number of nitrogens with zero attached hydrogens (tertiary/aromatic N) is 1. The Morgan fingerprint density at radius 1 is 1.11 bits per heavy atom. The highest BCUT2D eigenvalue weighted by atomic mass is 15.1. The van der Waals surface area contributed by atoms with Crippen molar-refractivity contribution < 1.29 is 0 Å². The first-order valence-electron chi connectivity index (χ1n) is 7.38. The van der Waals surface area contributed by atoms with E-state index in [2.05, 4.69) is 40.3 Å². The number of nitrogens with two attached hydrogens (primary N) is 1. The van der Waals surface area contributed by atoms with E-state index < -0.39 is 0 Å². The number of likely N-dealkylation sites (tertiary alicyclic amines) is 1. The highest BCUT2D eigenvalue weighted by Gasteiger charge is 2.16. The van der Waals surface area contributed by atoms with Gasteiger partial charge in [-0.3, -0.25) is 0 Å². The van der Waals surface area contributed by atoms with Crippen molar-refractivity contribution in [1.29, 1.82) is 0 Å². The molecule has 3 nitrogen and oxygen atoms in total. The number of nitrogens with one attached hydrogen (secondary N) is 1. The van der Waals surface area contributed by atoms with E-state index in [9.17, 15) is 0 Å². The Bertz CT molecular complexity index is 524. The molecule has 2 heterocycles. The lowest BCUT2D eigenvalue weighted by Gasteiger charge is -2.23. The summed E-state index contributed by atoms with van der Waals surface area (Å²) in [4.78, 5) is 5.85. The molecular weight excluding hydrogens is 234 g/mol. The number of H-pyrrole nitrogens is 1. The van der Waals surface area contributed by atoms with E-state index in [0.29, 0.717) is 0 Å². The molecule has 0 bridgehead atoms. The summed E-state index contributed by atoms with van der Waals surface area (Å²) in [6.45, 7) is 3.38. The molecule has 1 aliphatic rings. The third-order valence-corrected chi connectivity index (χ3v) is 4.17. The summed E-state index contributed by atoms with van der Waals surface area (Å²) >= 11 is 0. The molecule has 3 rings (SSSR count). The van der Waals surface area contributed by atoms with Crippen molar-refractivity contribution in [2.24, 2.45) is 5.73 Å². The molecule has 0 amide bonds. The molecule has 1 saturated heterocycles. The van der Waals surface area contributed by atoms with Crippen LogP contribution >= 0.6 is 0 Å². The zero-order valence-corrected chi connectivity index (χ0v) is 11.4. The lowest BCUT2D eigenvalue weighted by Crippen LogP contribution is -2.32. The van der Waals surface area contributed by atoms with Gasteiger partial charge in [0.25, 0.3) is 0 Å². The molecule has 1 aromatic heterocycles. The summed E-state index contributed by atoms with van der Waals surface area (Å²) < 4.78 is 0. The van der Waals surface area contributed by atoms with E-state index in [1.54, 1.807) is 0 Å². The van der Waals surface area contributed by atoms with Crippen LogP contribution in [0, 0.1) is 0 Å². The first kappa shape index (κ1) is 12.7. The second-order valence-corrected chi connectivity index (χ2v) is 5.61. The van der Waals surface area contributed by atoms with Gasteiger partial charge in [-0.1, -0.05) is 31.0 Å². The summed E-state index contributed by atoms with van der Waals surface area (Å²) in [5.41, 5.74) is 8.86. The van der Waals surface area contributed by atoms with E-state index in [1.165, 1.54) is 55.2 Å². The fourth-order valence-corrected chi connectivity index (χ4v) is 3.10. The minimum Gasteiger partial charge on any atom is -0.361 e. The Kier molecular flexibility index (Phi) is 3.85. The van der Waals surface area contributed by atoms with Gasteiger partial charge >= 0.3 is 0 Å². The summed E-state index contributed by atoms with van der Waals surface area (Å²) in [5.74, 6) is 0. The summed E-state index contributed by atoms with van der Waals surface area (Å²) in [6, 6.07) is 8.51. The maximum absolute atomic E-state index is 6.43. The van der Waals surface area contributed by atoms with E-state index in [4.69, 9.17) is 5.73 Å². The standard InChI is InChI=1S/C16H23N3/c17-15(12-19-9-5-1-2-6-10-19)14-11-18-16-8-4-3-7-13(14)16/h3-4,7-8,11,15,18H,1-2,5-6,9-10,12,17H2. The Balaban J connectivity index is 1.74. The maximum Gasteiger partial charge on any atom is 0.0457 e. The van der Waals surface area contributed by atoms with Gasteiger partial charge in [-0.15, -0.1) is 0 Å². The van der Waals surface area contributed by atoms with Gasteiger partial charge in [-0.05, 0) is 37.6 Å². The van der Waals surface area contributed by atoms with Gasteiger partial charge in [0, 0.05) is 29.7 Å². The Hall–Kier alpha value is -1.32. The molecule has 1 atom stereocenters. The van der Waals surface area contributed by atoms with Crippen LogP contribution in [0.5, 0.6) is 0 Å². The molecule has 0 saturated carbocycles. The molecular formula is C16H23N3. The summed E-state index contributed by atoms with van der Waals surface area (Å²) in [5, 5.41) is 1.27. The van der Waals surface area contributed by atoms with Crippen LogP contribution in [-0.2, 0) is 0 Å². The number of hydrogen-bond acceptors (Lipinski definition) is 2. The van der Waals surface area contributed by atoms with Crippen molar-refractivity contribution in [3.63, 3.8) is 0 Å². The predicted molar refractivity (Wildman–Crippen MR) is 80.1 cm³/mol. The quantitative estimate of drug-likeness (QED) is 0.887. The zero-order valence-electron chi connectivity index (χ0n) is 11.4. The molecule has 1 aliphatic heterocycles. The van der Waals surface area contributed by atoms with Crippen LogP contribution in [0.3, 0.4) is 0 Å². The van der Waals surface area contributed by atoms with Crippen LogP contribution in [0.1, 0.15) is 37.3 Å². The molecule has 1 unspecified atom stereocenters. The predicted octanol–water partition coefficient (Wildman–Crippen LogP) is 3.04. The van der Waals surface area contributed by atoms with Gasteiger partial charge in [-0.2, -0.15) is 0 Å². The summed E-state index contributed by atoms with van der Waals surface area (Å²) in [6.07, 6.45) is 7.46. The van der Waals surface area contributed by atoms with Gasteiger partial charge < -0.3 is 15.6 Å². The monoisotopic (exact) mass is 257 g/mol. The van der Waals surface area contributed by atoms with Crippen molar-refractivity contribution in [1.82, 2.24) is 9.88 Å². The molecule has 19 heavy (non-hydrogen) atoms. The number of para-hydroxylation sites is 1. The van der Waals surface area contributed by atoms with Crippen LogP contribution < -0.4 is 5.73 Å². The molecule has 1 fully saturated rings. The molecule has 0 aliphatic carbocycles. The SMILES string of the molecule is NC(CN1CCCCCC1)c1c[nH]c2ccccc12. The molecule has 0 radical (unpaired) electrons. The number of aromatic amines is 1. The van der Waals surface area contributed by atoms with Crippen molar-refractivity contribution in [2.75, 3.05) is 19.6 Å². The van der Waals surface area contributed by atoms with Gasteiger partial charge in [0.05, 0.1) is 0 Å². The van der Waals surface area contributed by atoms with E-state index in [-0.39, 0.29) is 6.04 Å². The lowest BCUT2D eigenvalue weighted by molar-refractivity contribution is 0.268. The van der Waals surface area contributed by atoms with Gasteiger partial charge in [-0.25, -0.2) is 0 Å². The van der Waals surface area contributed by atoms with Gasteiger partial charge in [0.1, 0.15) is 0 Å². The molecule has 102 valence electrons. The van der Waals surface area contributed by atoms with Crippen LogP contribution in [0.15, 0.2) is 30.5 Å². The van der Waals surface area contributed by atoms with Crippen molar-refractivity contribution >= 4 is 10.9 Å². The van der Waals surface area contributed by atoms with Crippen LogP contribution in [-0.4, -0.2) is 29.5 Å². The third-order valence-electron chi connectivity index (χ3n) is 4.17. The Morgan fingerprint density at radius 3 is 2.63 bits per heavy atom. The fourth-order valence-electron chi connectivity index (χ4n) is 3.10. The molecule has 2 aromatic rings. The lowest BCUT2D eigenvalue weighted by atomic mass is 10.1. The van der Waals surface area contributed by atoms with Crippen molar-refractivity contribution in [3.05, 3.63) is 36.0 Å². The fraction of sp³-hybridized carbons (Fsp3) is 0.500. The average Bonchev–Trinajstić information content (AvgIpc) is 2.70. The van der Waals surface area contributed by atoms with Gasteiger partial charge in [0.15, 0.2) is 0 Å². The maximum atomic E-state index is 6.43. The third kappa shape index (κ3) is 2.82. The number of fused-ring (bicyclic) bond motifs is 1. The van der Waals surface area contributed by atoms with Crippen molar-refractivity contribution in [3.8, 4) is 0 Å². The average molecular weight is 257 g/mol.